The summed E-state index contributed by atoms with van der Waals surface area (Å²) in [5.74, 6) is 2.23. The summed E-state index contributed by atoms with van der Waals surface area (Å²) in [6.45, 7) is 7.34. The van der Waals surface area contributed by atoms with Gasteiger partial charge in [-0.25, -0.2) is 0 Å². The molecule has 4 rings (SSSR count). The highest BCUT2D eigenvalue weighted by Crippen LogP contribution is 2.31. The minimum Gasteiger partial charge on any atom is -0.493 e. The van der Waals surface area contributed by atoms with Crippen molar-refractivity contribution in [2.75, 3.05) is 59.7 Å². The molecule has 3 saturated heterocycles. The first kappa shape index (κ1) is 26.4. The predicted octanol–water partition coefficient (Wildman–Crippen LogP) is 0.128. The number of rotatable bonds is 7. The molecular weight excluding hydrogens is 434 g/mol. The van der Waals surface area contributed by atoms with Crippen molar-refractivity contribution >= 4 is 18.9 Å². The number of methoxy groups -OCH3 is 1. The van der Waals surface area contributed by atoms with Crippen molar-refractivity contribution in [3.63, 3.8) is 0 Å². The zero-order chi connectivity index (χ0) is 24.1. The number of benzene rings is 1. The average molecular weight is 468 g/mol. The second-order valence-corrected chi connectivity index (χ2v) is 7.83. The Morgan fingerprint density at radius 3 is 2.45 bits per heavy atom. The van der Waals surface area contributed by atoms with E-state index >= 15 is 0 Å². The quantitative estimate of drug-likeness (QED) is 0.474. The third-order valence-electron chi connectivity index (χ3n) is 5.71. The minimum absolute atomic E-state index is 0.199. The lowest BCUT2D eigenvalue weighted by Crippen LogP contribution is -2.38. The third-order valence-corrected chi connectivity index (χ3v) is 5.71. The van der Waals surface area contributed by atoms with Gasteiger partial charge in [-0.15, -0.1) is 0 Å². The standard InChI is InChI=1S/C20H29N3O4.2CH2O2/c1-25-18-3-2-15(12-23-13-16-11-20(24)21-17(16)14-23)10-19(18)27-9-6-22-4-7-26-8-5-22;2*2-1-3/h2-3,10,16-17H,4-9,11-14H2,1H3,(H,21,24);2*1H,(H,2,3)/t16-,17+;;/m0../s1. The first-order valence-electron chi connectivity index (χ1n) is 10.8. The maximum atomic E-state index is 11.5. The molecule has 0 spiro atoms. The van der Waals surface area contributed by atoms with Crippen LogP contribution in [0.2, 0.25) is 0 Å². The van der Waals surface area contributed by atoms with Gasteiger partial charge in [0.2, 0.25) is 5.91 Å². The zero-order valence-electron chi connectivity index (χ0n) is 18.9. The molecular formula is C22H33N3O8. The molecule has 3 aliphatic heterocycles. The van der Waals surface area contributed by atoms with E-state index in [1.54, 1.807) is 7.11 Å². The summed E-state index contributed by atoms with van der Waals surface area (Å²) < 4.78 is 16.9. The number of carbonyl (C=O) groups is 3. The molecule has 11 nitrogen and oxygen atoms in total. The smallest absolute Gasteiger partial charge is 0.290 e. The molecule has 1 aromatic rings. The van der Waals surface area contributed by atoms with Gasteiger partial charge >= 0.3 is 0 Å². The molecule has 1 aromatic carbocycles. The molecule has 0 unspecified atom stereocenters. The van der Waals surface area contributed by atoms with Crippen molar-refractivity contribution in [1.82, 2.24) is 15.1 Å². The number of ether oxygens (including phenoxy) is 3. The van der Waals surface area contributed by atoms with Crippen molar-refractivity contribution in [3.05, 3.63) is 23.8 Å². The highest BCUT2D eigenvalue weighted by Gasteiger charge is 2.39. The van der Waals surface area contributed by atoms with Gasteiger partial charge < -0.3 is 29.7 Å². The van der Waals surface area contributed by atoms with Gasteiger partial charge in [0.25, 0.3) is 12.9 Å². The van der Waals surface area contributed by atoms with Crippen molar-refractivity contribution in [3.8, 4) is 11.5 Å². The van der Waals surface area contributed by atoms with Crippen LogP contribution < -0.4 is 14.8 Å². The summed E-state index contributed by atoms with van der Waals surface area (Å²) in [7, 11) is 1.67. The van der Waals surface area contributed by atoms with Gasteiger partial charge in [-0.3, -0.25) is 24.2 Å². The summed E-state index contributed by atoms with van der Waals surface area (Å²) in [4.78, 5) is 33.0. The van der Waals surface area contributed by atoms with E-state index in [4.69, 9.17) is 34.0 Å². The van der Waals surface area contributed by atoms with Crippen LogP contribution in [-0.4, -0.2) is 105 Å². The molecule has 3 heterocycles. The van der Waals surface area contributed by atoms with E-state index in [9.17, 15) is 4.79 Å². The molecule has 184 valence electrons. The van der Waals surface area contributed by atoms with E-state index in [0.29, 0.717) is 25.0 Å². The second kappa shape index (κ2) is 14.3. The number of amides is 1. The van der Waals surface area contributed by atoms with Crippen LogP contribution in [0.3, 0.4) is 0 Å². The lowest BCUT2D eigenvalue weighted by Gasteiger charge is -2.26. The second-order valence-electron chi connectivity index (χ2n) is 7.83. The van der Waals surface area contributed by atoms with Crippen LogP contribution in [0.1, 0.15) is 12.0 Å². The molecule has 1 amide bonds. The normalized spacial score (nSPS) is 22.0. The zero-order valence-corrected chi connectivity index (χ0v) is 18.9. The molecule has 0 radical (unpaired) electrons. The fraction of sp³-hybridized carbons (Fsp3) is 0.591. The number of nitrogens with zero attached hydrogens (tertiary/aromatic N) is 2. The average Bonchev–Trinajstić information content (AvgIpc) is 3.32. The van der Waals surface area contributed by atoms with E-state index in [2.05, 4.69) is 27.2 Å². The number of carbonyl (C=O) groups excluding carboxylic acids is 1. The summed E-state index contributed by atoms with van der Waals surface area (Å²) >= 11 is 0. The highest BCUT2D eigenvalue weighted by atomic mass is 16.5. The fourth-order valence-electron chi connectivity index (χ4n) is 4.26. The van der Waals surface area contributed by atoms with E-state index in [-0.39, 0.29) is 18.9 Å². The Morgan fingerprint density at radius 1 is 1.12 bits per heavy atom. The minimum atomic E-state index is -0.250. The van der Waals surface area contributed by atoms with Gasteiger partial charge in [-0.05, 0) is 17.7 Å². The molecule has 0 saturated carbocycles. The van der Waals surface area contributed by atoms with Gasteiger partial charge in [0.05, 0.1) is 20.3 Å². The Labute approximate surface area is 193 Å². The topological polar surface area (TPSA) is 138 Å². The van der Waals surface area contributed by atoms with Crippen LogP contribution in [0.4, 0.5) is 0 Å². The Hall–Kier alpha value is -2.89. The summed E-state index contributed by atoms with van der Waals surface area (Å²) in [5.41, 5.74) is 1.21. The van der Waals surface area contributed by atoms with Gasteiger partial charge in [-0.2, -0.15) is 0 Å². The van der Waals surface area contributed by atoms with E-state index < -0.39 is 0 Å². The molecule has 0 aliphatic carbocycles. The molecule has 3 aliphatic rings. The Bertz CT molecular complexity index is 735. The van der Waals surface area contributed by atoms with E-state index in [1.807, 2.05) is 6.07 Å². The summed E-state index contributed by atoms with van der Waals surface area (Å²) in [6, 6.07) is 6.49. The summed E-state index contributed by atoms with van der Waals surface area (Å²) in [6.07, 6.45) is 0.666. The maximum Gasteiger partial charge on any atom is 0.290 e. The van der Waals surface area contributed by atoms with Crippen LogP contribution in [0, 0.1) is 5.92 Å². The van der Waals surface area contributed by atoms with Crippen LogP contribution >= 0.6 is 0 Å². The third kappa shape index (κ3) is 8.52. The lowest BCUT2D eigenvalue weighted by atomic mass is 10.1. The lowest BCUT2D eigenvalue weighted by molar-refractivity contribution is -0.123. The Kier molecular flexibility index (Phi) is 11.4. The first-order chi connectivity index (χ1) is 16.0. The molecule has 2 atom stereocenters. The number of morpholine rings is 1. The van der Waals surface area contributed by atoms with Crippen molar-refractivity contribution in [2.45, 2.75) is 19.0 Å². The number of fused-ring (bicyclic) bond motifs is 1. The molecule has 3 fully saturated rings. The van der Waals surface area contributed by atoms with Gasteiger partial charge in [-0.1, -0.05) is 6.07 Å². The van der Waals surface area contributed by atoms with Gasteiger partial charge in [0, 0.05) is 57.6 Å². The highest BCUT2D eigenvalue weighted by molar-refractivity contribution is 5.79. The first-order valence-corrected chi connectivity index (χ1v) is 10.8. The molecule has 0 bridgehead atoms. The molecule has 11 heteroatoms. The van der Waals surface area contributed by atoms with Gasteiger partial charge in [0.15, 0.2) is 11.5 Å². The van der Waals surface area contributed by atoms with Crippen LogP contribution in [0.15, 0.2) is 18.2 Å². The van der Waals surface area contributed by atoms with Gasteiger partial charge in [0.1, 0.15) is 6.61 Å². The summed E-state index contributed by atoms with van der Waals surface area (Å²) in [5, 5.41) is 16.9. The SMILES string of the molecule is COc1ccc(CN2C[C@@H]3CC(=O)N[C@@H]3C2)cc1OCCN1CCOCC1.O=CO.O=CO. The Morgan fingerprint density at radius 2 is 1.82 bits per heavy atom. The number of hydrogen-bond acceptors (Lipinski definition) is 8. The number of carboxylic acid groups (broad SMARTS) is 2. The number of hydrogen-bond donors (Lipinski definition) is 3. The van der Waals surface area contributed by atoms with E-state index in [1.165, 1.54) is 5.56 Å². The predicted molar refractivity (Wildman–Crippen MR) is 118 cm³/mol. The van der Waals surface area contributed by atoms with Crippen LogP contribution in [-0.2, 0) is 25.7 Å². The van der Waals surface area contributed by atoms with E-state index in [0.717, 1.165) is 64.0 Å². The van der Waals surface area contributed by atoms with Crippen molar-refractivity contribution < 1.29 is 38.8 Å². The van der Waals surface area contributed by atoms with Crippen molar-refractivity contribution in [2.24, 2.45) is 5.92 Å². The van der Waals surface area contributed by atoms with Crippen LogP contribution in [0.5, 0.6) is 11.5 Å². The fourth-order valence-corrected chi connectivity index (χ4v) is 4.26. The molecule has 3 N–H and O–H groups in total. The van der Waals surface area contributed by atoms with Crippen molar-refractivity contribution in [1.29, 1.82) is 0 Å². The largest absolute Gasteiger partial charge is 0.493 e. The number of nitrogens with one attached hydrogen (secondary N) is 1. The van der Waals surface area contributed by atoms with Crippen LogP contribution in [0.25, 0.3) is 0 Å². The maximum absolute atomic E-state index is 11.5. The molecule has 33 heavy (non-hydrogen) atoms. The molecule has 0 aromatic heterocycles. The number of likely N-dealkylation sites (tertiary alicyclic amines) is 1. The monoisotopic (exact) mass is 467 g/mol. The Balaban J connectivity index is 0.000000582.